The quantitative estimate of drug-likeness (QED) is 0.775. The van der Waals surface area contributed by atoms with Crippen LogP contribution in [0, 0.1) is 0 Å². The summed E-state index contributed by atoms with van der Waals surface area (Å²) in [4.78, 5) is 2.47. The van der Waals surface area contributed by atoms with Gasteiger partial charge in [0, 0.05) is 12.1 Å². The summed E-state index contributed by atoms with van der Waals surface area (Å²) >= 11 is 0. The lowest BCUT2D eigenvalue weighted by molar-refractivity contribution is 0.275. The van der Waals surface area contributed by atoms with Crippen LogP contribution < -0.4 is 0 Å². The molecule has 1 aliphatic rings. The molecule has 0 bridgehead atoms. The monoisotopic (exact) mass is 277 g/mol. The fourth-order valence-electron chi connectivity index (χ4n) is 3.32. The van der Waals surface area contributed by atoms with E-state index >= 15 is 0 Å². The lowest BCUT2D eigenvalue weighted by Crippen LogP contribution is -2.28. The molecule has 0 aliphatic carbocycles. The Kier molecular flexibility index (Phi) is 3.94. The van der Waals surface area contributed by atoms with Gasteiger partial charge in [0.05, 0.1) is 0 Å². The molecule has 0 unspecified atom stereocenters. The minimum Gasteiger partial charge on any atom is -0.297 e. The molecule has 0 N–H and O–H groups in total. The number of hydrogen-bond donors (Lipinski definition) is 0. The molecule has 1 saturated heterocycles. The van der Waals surface area contributed by atoms with Gasteiger partial charge < -0.3 is 0 Å². The number of likely N-dealkylation sites (tertiary alicyclic amines) is 1. The van der Waals surface area contributed by atoms with Crippen molar-refractivity contribution in [2.24, 2.45) is 0 Å². The second-order valence-corrected chi connectivity index (χ2v) is 6.03. The molecular formula is C20H23N. The van der Waals surface area contributed by atoms with E-state index in [0.717, 1.165) is 6.42 Å². The predicted octanol–water partition coefficient (Wildman–Crippen LogP) is 4.60. The van der Waals surface area contributed by atoms with Crippen molar-refractivity contribution in [3.05, 3.63) is 77.4 Å². The largest absolute Gasteiger partial charge is 0.297 e. The number of nitrogens with zero attached hydrogens (tertiary/aromatic N) is 1. The molecule has 1 fully saturated rings. The first kappa shape index (κ1) is 14.1. The van der Waals surface area contributed by atoms with Crippen LogP contribution in [0.2, 0.25) is 0 Å². The third-order valence-corrected chi connectivity index (χ3v) is 4.77. The van der Waals surface area contributed by atoms with Gasteiger partial charge >= 0.3 is 0 Å². The highest BCUT2D eigenvalue weighted by atomic mass is 15.2. The van der Waals surface area contributed by atoms with Crippen LogP contribution in [0.5, 0.6) is 0 Å². The summed E-state index contributed by atoms with van der Waals surface area (Å²) in [5.41, 5.74) is 5.63. The SMILES string of the molecule is C[C@H]1CC(=C(c2ccccc2)c2ccccc2)[C@H](C)N1C. The topological polar surface area (TPSA) is 3.24 Å². The summed E-state index contributed by atoms with van der Waals surface area (Å²) in [5.74, 6) is 0. The Balaban J connectivity index is 2.19. The van der Waals surface area contributed by atoms with Gasteiger partial charge in [0.25, 0.3) is 0 Å². The Labute approximate surface area is 127 Å². The molecule has 21 heavy (non-hydrogen) atoms. The van der Waals surface area contributed by atoms with Gasteiger partial charge in [0.1, 0.15) is 0 Å². The van der Waals surface area contributed by atoms with Crippen LogP contribution >= 0.6 is 0 Å². The number of hydrogen-bond acceptors (Lipinski definition) is 1. The van der Waals surface area contributed by atoms with Crippen molar-refractivity contribution in [3.8, 4) is 0 Å². The highest BCUT2D eigenvalue weighted by Crippen LogP contribution is 2.37. The average Bonchev–Trinajstić information content (AvgIpc) is 2.78. The first-order valence-electron chi connectivity index (χ1n) is 7.74. The Morgan fingerprint density at radius 1 is 0.857 bits per heavy atom. The van der Waals surface area contributed by atoms with Crippen LogP contribution in [-0.4, -0.2) is 24.0 Å². The predicted molar refractivity (Wildman–Crippen MR) is 90.2 cm³/mol. The van der Waals surface area contributed by atoms with Gasteiger partial charge in [-0.05, 0) is 49.6 Å². The van der Waals surface area contributed by atoms with Gasteiger partial charge in [-0.2, -0.15) is 0 Å². The fourth-order valence-corrected chi connectivity index (χ4v) is 3.32. The molecule has 0 amide bonds. The molecule has 0 saturated carbocycles. The Hall–Kier alpha value is -1.86. The molecule has 3 rings (SSSR count). The zero-order chi connectivity index (χ0) is 14.8. The first-order valence-corrected chi connectivity index (χ1v) is 7.74. The van der Waals surface area contributed by atoms with E-state index in [9.17, 15) is 0 Å². The second kappa shape index (κ2) is 5.87. The van der Waals surface area contributed by atoms with Gasteiger partial charge in [-0.3, -0.25) is 4.90 Å². The van der Waals surface area contributed by atoms with Crippen molar-refractivity contribution in [1.29, 1.82) is 0 Å². The first-order chi connectivity index (χ1) is 10.2. The number of likely N-dealkylation sites (N-methyl/N-ethyl adjacent to an activating group) is 1. The molecule has 1 heterocycles. The molecule has 1 heteroatoms. The van der Waals surface area contributed by atoms with Crippen LogP contribution in [0.25, 0.3) is 5.57 Å². The Morgan fingerprint density at radius 3 is 1.71 bits per heavy atom. The molecule has 2 aromatic rings. The minimum atomic E-state index is 0.496. The zero-order valence-corrected chi connectivity index (χ0v) is 13.1. The molecule has 0 aromatic heterocycles. The zero-order valence-electron chi connectivity index (χ0n) is 13.1. The van der Waals surface area contributed by atoms with E-state index in [2.05, 4.69) is 86.5 Å². The third kappa shape index (κ3) is 2.66. The van der Waals surface area contributed by atoms with Crippen LogP contribution in [0.1, 0.15) is 31.4 Å². The smallest absolute Gasteiger partial charge is 0.0289 e. The maximum absolute atomic E-state index is 2.47. The molecule has 2 aromatic carbocycles. The molecule has 2 atom stereocenters. The average molecular weight is 277 g/mol. The van der Waals surface area contributed by atoms with Crippen LogP contribution in [0.15, 0.2) is 66.2 Å². The van der Waals surface area contributed by atoms with Crippen molar-refractivity contribution in [2.45, 2.75) is 32.4 Å². The van der Waals surface area contributed by atoms with E-state index < -0.39 is 0 Å². The van der Waals surface area contributed by atoms with E-state index in [0.29, 0.717) is 12.1 Å². The fraction of sp³-hybridized carbons (Fsp3) is 0.300. The van der Waals surface area contributed by atoms with Gasteiger partial charge in [-0.15, -0.1) is 0 Å². The van der Waals surface area contributed by atoms with Crippen LogP contribution in [0.4, 0.5) is 0 Å². The Bertz CT molecular complexity index is 586. The minimum absolute atomic E-state index is 0.496. The maximum Gasteiger partial charge on any atom is 0.0289 e. The number of benzene rings is 2. The highest BCUT2D eigenvalue weighted by Gasteiger charge is 2.31. The second-order valence-electron chi connectivity index (χ2n) is 6.03. The van der Waals surface area contributed by atoms with E-state index in [1.807, 2.05) is 0 Å². The van der Waals surface area contributed by atoms with Crippen molar-refractivity contribution < 1.29 is 0 Å². The molecule has 0 spiro atoms. The molecule has 1 nitrogen and oxygen atoms in total. The van der Waals surface area contributed by atoms with Crippen LogP contribution in [-0.2, 0) is 0 Å². The summed E-state index contributed by atoms with van der Waals surface area (Å²) in [6.45, 7) is 4.64. The van der Waals surface area contributed by atoms with Crippen molar-refractivity contribution >= 4 is 5.57 Å². The van der Waals surface area contributed by atoms with E-state index in [4.69, 9.17) is 0 Å². The van der Waals surface area contributed by atoms with Crippen LogP contribution in [0.3, 0.4) is 0 Å². The van der Waals surface area contributed by atoms with E-state index in [1.165, 1.54) is 16.7 Å². The molecular weight excluding hydrogens is 254 g/mol. The summed E-state index contributed by atoms with van der Waals surface area (Å²) in [6.07, 6.45) is 1.15. The lowest BCUT2D eigenvalue weighted by atomic mass is 9.89. The number of rotatable bonds is 2. The van der Waals surface area contributed by atoms with Crippen molar-refractivity contribution in [3.63, 3.8) is 0 Å². The normalized spacial score (nSPS) is 22.5. The lowest BCUT2D eigenvalue weighted by Gasteiger charge is -2.21. The summed E-state index contributed by atoms with van der Waals surface area (Å²) in [5, 5.41) is 0. The molecule has 108 valence electrons. The third-order valence-electron chi connectivity index (χ3n) is 4.77. The molecule has 0 radical (unpaired) electrons. The van der Waals surface area contributed by atoms with Crippen molar-refractivity contribution in [2.75, 3.05) is 7.05 Å². The van der Waals surface area contributed by atoms with Gasteiger partial charge in [-0.1, -0.05) is 60.7 Å². The summed E-state index contributed by atoms with van der Waals surface area (Å²) in [6, 6.07) is 22.7. The molecule has 1 aliphatic heterocycles. The van der Waals surface area contributed by atoms with Gasteiger partial charge in [0.2, 0.25) is 0 Å². The maximum atomic E-state index is 2.47. The summed E-state index contributed by atoms with van der Waals surface area (Å²) in [7, 11) is 2.23. The highest BCUT2D eigenvalue weighted by molar-refractivity contribution is 5.83. The van der Waals surface area contributed by atoms with E-state index in [1.54, 1.807) is 5.57 Å². The van der Waals surface area contributed by atoms with Gasteiger partial charge in [0.15, 0.2) is 0 Å². The Morgan fingerprint density at radius 2 is 1.33 bits per heavy atom. The van der Waals surface area contributed by atoms with Gasteiger partial charge in [-0.25, -0.2) is 0 Å². The summed E-state index contributed by atoms with van der Waals surface area (Å²) < 4.78 is 0. The van der Waals surface area contributed by atoms with Crippen molar-refractivity contribution in [1.82, 2.24) is 4.90 Å². The standard InChI is InChI=1S/C20H23N/c1-15-14-19(16(2)21(15)3)20(17-10-6-4-7-11-17)18-12-8-5-9-13-18/h4-13,15-16H,14H2,1-3H3/t15-,16-/m0/s1. The van der Waals surface area contributed by atoms with E-state index in [-0.39, 0.29) is 0 Å².